The van der Waals surface area contributed by atoms with Gasteiger partial charge in [0, 0.05) is 19.0 Å². The van der Waals surface area contributed by atoms with Crippen molar-refractivity contribution >= 4 is 16.8 Å². The maximum atomic E-state index is 13.0. The molecular weight excluding hydrogens is 304 g/mol. The second-order valence-corrected chi connectivity index (χ2v) is 6.85. The summed E-state index contributed by atoms with van der Waals surface area (Å²) in [4.78, 5) is 19.4. The van der Waals surface area contributed by atoms with Crippen molar-refractivity contribution in [1.29, 1.82) is 0 Å². The van der Waals surface area contributed by atoms with Gasteiger partial charge >= 0.3 is 0 Å². The van der Waals surface area contributed by atoms with Gasteiger partial charge in [-0.15, -0.1) is 0 Å². The van der Waals surface area contributed by atoms with Crippen LogP contribution in [0.3, 0.4) is 0 Å². The number of nitrogens with zero attached hydrogens (tertiary/aromatic N) is 2. The van der Waals surface area contributed by atoms with Gasteiger partial charge in [0.1, 0.15) is 5.69 Å². The van der Waals surface area contributed by atoms with E-state index in [0.29, 0.717) is 18.7 Å². The van der Waals surface area contributed by atoms with E-state index in [1.54, 1.807) is 13.2 Å². The number of para-hydroxylation sites is 1. The third-order valence-corrected chi connectivity index (χ3v) is 5.64. The lowest BCUT2D eigenvalue weighted by molar-refractivity contribution is -0.0824. The first kappa shape index (κ1) is 15.5. The van der Waals surface area contributed by atoms with E-state index in [1.165, 1.54) is 0 Å². The van der Waals surface area contributed by atoms with Crippen molar-refractivity contribution in [3.05, 3.63) is 42.1 Å². The number of aliphatic hydroxyl groups excluding tert-OH is 1. The van der Waals surface area contributed by atoms with Gasteiger partial charge in [-0.2, -0.15) is 0 Å². The van der Waals surface area contributed by atoms with Crippen LogP contribution in [0.2, 0.25) is 0 Å². The van der Waals surface area contributed by atoms with Gasteiger partial charge in [0.05, 0.1) is 23.3 Å². The first-order valence-electron chi connectivity index (χ1n) is 8.53. The number of amides is 1. The molecule has 5 heteroatoms. The molecule has 2 heterocycles. The molecule has 0 bridgehead atoms. The maximum absolute atomic E-state index is 13.0. The summed E-state index contributed by atoms with van der Waals surface area (Å²) in [6.07, 6.45) is 2.56. The molecule has 2 fully saturated rings. The van der Waals surface area contributed by atoms with Gasteiger partial charge in [-0.25, -0.2) is 4.98 Å². The molecule has 126 valence electrons. The lowest BCUT2D eigenvalue weighted by Gasteiger charge is -2.42. The van der Waals surface area contributed by atoms with E-state index in [9.17, 15) is 9.90 Å². The molecule has 1 N–H and O–H groups in total. The van der Waals surface area contributed by atoms with Crippen LogP contribution >= 0.6 is 0 Å². The Hall–Kier alpha value is -1.98. The number of carbonyl (C=O) groups excluding carboxylic acids is 1. The fourth-order valence-electron chi connectivity index (χ4n) is 4.25. The van der Waals surface area contributed by atoms with Crippen molar-refractivity contribution in [3.63, 3.8) is 0 Å². The SMILES string of the molecule is CO[C@@]12CCC(O)CC1N(C(=O)c1ccc3ccccc3n1)CC2. The zero-order valence-electron chi connectivity index (χ0n) is 13.8. The Bertz CT molecular complexity index is 778. The van der Waals surface area contributed by atoms with Crippen molar-refractivity contribution in [3.8, 4) is 0 Å². The lowest BCUT2D eigenvalue weighted by atomic mass is 9.79. The van der Waals surface area contributed by atoms with E-state index in [2.05, 4.69) is 4.98 Å². The molecule has 3 atom stereocenters. The molecule has 1 saturated carbocycles. The molecule has 1 aromatic carbocycles. The van der Waals surface area contributed by atoms with Crippen molar-refractivity contribution in [2.45, 2.75) is 43.4 Å². The smallest absolute Gasteiger partial charge is 0.272 e. The molecule has 1 aliphatic heterocycles. The van der Waals surface area contributed by atoms with Crippen LogP contribution in [0.15, 0.2) is 36.4 Å². The lowest BCUT2D eigenvalue weighted by Crippen LogP contribution is -2.52. The van der Waals surface area contributed by atoms with Crippen molar-refractivity contribution in [2.75, 3.05) is 13.7 Å². The molecule has 5 nitrogen and oxygen atoms in total. The van der Waals surface area contributed by atoms with Crippen molar-refractivity contribution < 1.29 is 14.6 Å². The van der Waals surface area contributed by atoms with Crippen LogP contribution in [0.1, 0.15) is 36.2 Å². The van der Waals surface area contributed by atoms with Crippen LogP contribution in [-0.2, 0) is 4.74 Å². The molecular formula is C19H22N2O3. The Morgan fingerprint density at radius 2 is 2.12 bits per heavy atom. The molecule has 1 aliphatic carbocycles. The minimum Gasteiger partial charge on any atom is -0.393 e. The minimum atomic E-state index is -0.365. The zero-order chi connectivity index (χ0) is 16.7. The molecule has 1 aromatic heterocycles. The monoisotopic (exact) mass is 326 g/mol. The summed E-state index contributed by atoms with van der Waals surface area (Å²) in [5.41, 5.74) is 0.969. The largest absolute Gasteiger partial charge is 0.393 e. The Kier molecular flexibility index (Phi) is 3.77. The van der Waals surface area contributed by atoms with E-state index >= 15 is 0 Å². The summed E-state index contributed by atoms with van der Waals surface area (Å²) in [6, 6.07) is 11.4. The molecule has 4 rings (SSSR count). The first-order chi connectivity index (χ1) is 11.6. The minimum absolute atomic E-state index is 0.0706. The van der Waals surface area contributed by atoms with E-state index in [0.717, 1.165) is 30.2 Å². The zero-order valence-corrected chi connectivity index (χ0v) is 13.8. The second kappa shape index (κ2) is 5.83. The fourth-order valence-corrected chi connectivity index (χ4v) is 4.25. The van der Waals surface area contributed by atoms with E-state index in [-0.39, 0.29) is 23.7 Å². The molecule has 1 saturated heterocycles. The van der Waals surface area contributed by atoms with Crippen LogP contribution in [0.5, 0.6) is 0 Å². The predicted molar refractivity (Wildman–Crippen MR) is 90.8 cm³/mol. The number of benzene rings is 1. The number of fused-ring (bicyclic) bond motifs is 2. The van der Waals surface area contributed by atoms with E-state index in [1.807, 2.05) is 35.2 Å². The van der Waals surface area contributed by atoms with Crippen LogP contribution in [-0.4, -0.2) is 52.3 Å². The van der Waals surface area contributed by atoms with Gasteiger partial charge in [-0.05, 0) is 37.8 Å². The molecule has 2 unspecified atom stereocenters. The van der Waals surface area contributed by atoms with Crippen LogP contribution in [0.25, 0.3) is 10.9 Å². The van der Waals surface area contributed by atoms with Crippen molar-refractivity contribution in [2.24, 2.45) is 0 Å². The average Bonchev–Trinajstić information content (AvgIpc) is 3.00. The second-order valence-electron chi connectivity index (χ2n) is 6.85. The van der Waals surface area contributed by atoms with Crippen LogP contribution < -0.4 is 0 Å². The number of ether oxygens (including phenoxy) is 1. The number of likely N-dealkylation sites (tertiary alicyclic amines) is 1. The molecule has 2 aliphatic rings. The summed E-state index contributed by atoms with van der Waals surface area (Å²) in [6.45, 7) is 0.651. The maximum Gasteiger partial charge on any atom is 0.272 e. The summed E-state index contributed by atoms with van der Waals surface area (Å²) < 4.78 is 5.81. The molecule has 0 spiro atoms. The number of carbonyl (C=O) groups is 1. The fraction of sp³-hybridized carbons (Fsp3) is 0.474. The highest BCUT2D eigenvalue weighted by atomic mass is 16.5. The Morgan fingerprint density at radius 3 is 2.96 bits per heavy atom. The summed E-state index contributed by atoms with van der Waals surface area (Å²) in [5, 5.41) is 11.1. The molecule has 2 aromatic rings. The molecule has 24 heavy (non-hydrogen) atoms. The van der Waals surface area contributed by atoms with Gasteiger partial charge in [-0.1, -0.05) is 24.3 Å². The highest BCUT2D eigenvalue weighted by molar-refractivity contribution is 5.95. The summed E-state index contributed by atoms with van der Waals surface area (Å²) >= 11 is 0. The van der Waals surface area contributed by atoms with Gasteiger partial charge in [0.15, 0.2) is 0 Å². The predicted octanol–water partition coefficient (Wildman–Crippen LogP) is 2.38. The topological polar surface area (TPSA) is 62.7 Å². The summed E-state index contributed by atoms with van der Waals surface area (Å²) in [7, 11) is 1.72. The highest BCUT2D eigenvalue weighted by Gasteiger charge is 2.52. The number of methoxy groups -OCH3 is 1. The number of aliphatic hydroxyl groups is 1. The van der Waals surface area contributed by atoms with E-state index in [4.69, 9.17) is 4.74 Å². The number of hydrogen-bond donors (Lipinski definition) is 1. The van der Waals surface area contributed by atoms with Gasteiger partial charge in [0.25, 0.3) is 5.91 Å². The first-order valence-corrected chi connectivity index (χ1v) is 8.53. The third-order valence-electron chi connectivity index (χ3n) is 5.64. The van der Waals surface area contributed by atoms with Crippen LogP contribution in [0, 0.1) is 0 Å². The molecule has 0 radical (unpaired) electrons. The standard InChI is InChI=1S/C19H22N2O3/c1-24-19-9-8-14(22)12-17(19)21(11-10-19)18(23)16-7-6-13-4-2-3-5-15(13)20-16/h2-7,14,17,22H,8-12H2,1H3/t14?,17?,19-/m1/s1. The van der Waals surface area contributed by atoms with Gasteiger partial charge in [0.2, 0.25) is 0 Å². The number of pyridine rings is 1. The number of hydrogen-bond acceptors (Lipinski definition) is 4. The quantitative estimate of drug-likeness (QED) is 0.920. The van der Waals surface area contributed by atoms with Gasteiger partial charge < -0.3 is 14.7 Å². The Labute approximate surface area is 141 Å². The third kappa shape index (κ3) is 2.39. The Morgan fingerprint density at radius 1 is 1.29 bits per heavy atom. The van der Waals surface area contributed by atoms with E-state index < -0.39 is 0 Å². The number of rotatable bonds is 2. The highest BCUT2D eigenvalue weighted by Crippen LogP contribution is 2.42. The van der Waals surface area contributed by atoms with Gasteiger partial charge in [-0.3, -0.25) is 4.79 Å². The Balaban J connectivity index is 1.65. The molecule has 1 amide bonds. The van der Waals surface area contributed by atoms with Crippen LogP contribution in [0.4, 0.5) is 0 Å². The average molecular weight is 326 g/mol. The number of aromatic nitrogens is 1. The summed E-state index contributed by atoms with van der Waals surface area (Å²) in [5.74, 6) is -0.0706. The normalized spacial score (nSPS) is 29.7. The van der Waals surface area contributed by atoms with Crippen molar-refractivity contribution in [1.82, 2.24) is 9.88 Å².